The summed E-state index contributed by atoms with van der Waals surface area (Å²) >= 11 is 0. The van der Waals surface area contributed by atoms with E-state index in [1.54, 1.807) is 0 Å². The lowest BCUT2D eigenvalue weighted by molar-refractivity contribution is -0.161. The first kappa shape index (κ1) is 116. The molecule has 692 valence electrons. The maximum Gasteiger partial charge on any atom is 0.472 e. The number of carbonyl (C=O) groups excluding carboxylic acids is 3. The first-order valence-electron chi connectivity index (χ1n) is 48.1. The van der Waals surface area contributed by atoms with Crippen LogP contribution in [0.1, 0.15) is 393 Å². The zero-order valence-corrected chi connectivity index (χ0v) is 78.2. The summed E-state index contributed by atoms with van der Waals surface area (Å²) in [5.41, 5.74) is 0. The van der Waals surface area contributed by atoms with Gasteiger partial charge in [-0.25, -0.2) is 9.13 Å². The number of esters is 3. The number of aliphatic hydroxyl groups is 2. The summed E-state index contributed by atoms with van der Waals surface area (Å²) < 4.78 is 61.5. The zero-order valence-electron chi connectivity index (χ0n) is 76.4. The van der Waals surface area contributed by atoms with Crippen molar-refractivity contribution in [2.24, 2.45) is 0 Å². The van der Waals surface area contributed by atoms with Crippen molar-refractivity contribution in [1.82, 2.24) is 0 Å². The van der Waals surface area contributed by atoms with Gasteiger partial charge in [-0.3, -0.25) is 32.5 Å². The fourth-order valence-electron chi connectivity index (χ4n) is 12.9. The van der Waals surface area contributed by atoms with Crippen LogP contribution in [0.4, 0.5) is 0 Å². The van der Waals surface area contributed by atoms with Crippen molar-refractivity contribution in [3.63, 3.8) is 0 Å². The molecule has 0 aromatic heterocycles. The second kappa shape index (κ2) is 93.8. The highest BCUT2D eigenvalue weighted by Gasteiger charge is 2.30. The molecular weight excluding hydrogens is 1560 g/mol. The van der Waals surface area contributed by atoms with Gasteiger partial charge in [0.25, 0.3) is 0 Å². The molecule has 5 unspecified atom stereocenters. The van der Waals surface area contributed by atoms with E-state index in [1.165, 1.54) is 161 Å². The van der Waals surface area contributed by atoms with E-state index in [-0.39, 0.29) is 19.3 Å². The molecule has 0 amide bonds. The molecule has 0 aromatic carbocycles. The SMILES string of the molecule is CC/C=C\C/C=C\C/C=C\C/C=C\C/C=C\C/C=C\CCCCCCCCCCCCCCCCCCC(=O)OCC(O)COP(=O)(O)OCC(O)COP(=O)(O)OCC(COC(=O)CCCCCCCCCCCCCCC/C=C\C/C=C\C/C=C\C/C=C\CCCCC)OC(=O)CCCCCCC/C=C\C/C=C\C/C=C\C/C=C\C/C=C\CC. The van der Waals surface area contributed by atoms with Crippen molar-refractivity contribution >= 4 is 33.6 Å². The highest BCUT2D eigenvalue weighted by atomic mass is 31.2. The molecule has 4 N–H and O–H groups in total. The lowest BCUT2D eigenvalue weighted by Gasteiger charge is -2.21. The van der Waals surface area contributed by atoms with Crippen molar-refractivity contribution < 1.29 is 75.8 Å². The molecule has 0 saturated heterocycles. The van der Waals surface area contributed by atoms with E-state index in [2.05, 4.69) is 203 Å². The molecule has 0 saturated carbocycles. The Hall–Kier alpha value is -5.35. The number of hydrogen-bond donors (Lipinski definition) is 4. The molecule has 0 spiro atoms. The van der Waals surface area contributed by atoms with Crippen LogP contribution in [0.15, 0.2) is 182 Å². The Morgan fingerprint density at radius 2 is 0.438 bits per heavy atom. The average molecular weight is 1730 g/mol. The second-order valence-corrected chi connectivity index (χ2v) is 34.7. The van der Waals surface area contributed by atoms with Crippen LogP contribution in [0.25, 0.3) is 0 Å². The Labute approximate surface area is 738 Å². The summed E-state index contributed by atoms with van der Waals surface area (Å²) in [5, 5.41) is 20.8. The first-order chi connectivity index (χ1) is 59.2. The van der Waals surface area contributed by atoms with E-state index in [9.17, 15) is 43.5 Å². The lowest BCUT2D eigenvalue weighted by atomic mass is 10.0. The van der Waals surface area contributed by atoms with Crippen molar-refractivity contribution in [2.75, 3.05) is 39.6 Å². The van der Waals surface area contributed by atoms with Crippen LogP contribution in [-0.4, -0.2) is 95.9 Å². The molecule has 0 radical (unpaired) electrons. The van der Waals surface area contributed by atoms with Gasteiger partial charge in [0, 0.05) is 19.3 Å². The molecule has 0 aliphatic rings. The number of unbranched alkanes of at least 4 members (excludes halogenated alkanes) is 37. The largest absolute Gasteiger partial charge is 0.472 e. The van der Waals surface area contributed by atoms with Crippen LogP contribution in [0.5, 0.6) is 0 Å². The smallest absolute Gasteiger partial charge is 0.463 e. The molecule has 0 bridgehead atoms. The first-order valence-corrected chi connectivity index (χ1v) is 51.1. The van der Waals surface area contributed by atoms with Gasteiger partial charge in [0.1, 0.15) is 25.4 Å². The van der Waals surface area contributed by atoms with Crippen LogP contribution in [0.3, 0.4) is 0 Å². The summed E-state index contributed by atoms with van der Waals surface area (Å²) in [7, 11) is -9.82. The zero-order chi connectivity index (χ0) is 87.9. The lowest BCUT2D eigenvalue weighted by Crippen LogP contribution is -2.30. The van der Waals surface area contributed by atoms with Crippen molar-refractivity contribution in [3.05, 3.63) is 182 Å². The van der Waals surface area contributed by atoms with Crippen LogP contribution >= 0.6 is 15.6 Å². The van der Waals surface area contributed by atoms with Crippen LogP contribution in [0.2, 0.25) is 0 Å². The minimum Gasteiger partial charge on any atom is -0.463 e. The molecule has 5 atom stereocenters. The Bertz CT molecular complexity index is 2930. The molecule has 0 rings (SSSR count). The number of rotatable bonds is 90. The third-order valence-electron chi connectivity index (χ3n) is 20.1. The van der Waals surface area contributed by atoms with E-state index < -0.39 is 91.5 Å². The summed E-state index contributed by atoms with van der Waals surface area (Å²) in [6.45, 7) is 2.45. The number of phosphoric ester groups is 2. The second-order valence-electron chi connectivity index (χ2n) is 31.8. The Kier molecular flexibility index (Phi) is 89.6. The monoisotopic (exact) mass is 1730 g/mol. The van der Waals surface area contributed by atoms with E-state index >= 15 is 0 Å². The fraction of sp³-hybridized carbons (Fsp3) is 0.680. The van der Waals surface area contributed by atoms with Crippen molar-refractivity contribution in [3.8, 4) is 0 Å². The summed E-state index contributed by atoms with van der Waals surface area (Å²) in [6.07, 6.45) is 124. The number of ether oxygens (including phenoxy) is 3. The van der Waals surface area contributed by atoms with Gasteiger partial charge in [-0.1, -0.05) is 396 Å². The summed E-state index contributed by atoms with van der Waals surface area (Å²) in [5.74, 6) is -1.59. The number of hydrogen-bond acceptors (Lipinski definition) is 14. The molecule has 0 aromatic rings. The topological polar surface area (TPSA) is 231 Å². The molecule has 121 heavy (non-hydrogen) atoms. The summed E-state index contributed by atoms with van der Waals surface area (Å²) in [6, 6.07) is 0. The highest BCUT2D eigenvalue weighted by molar-refractivity contribution is 7.47. The molecule has 16 nitrogen and oxygen atoms in total. The molecule has 0 aliphatic heterocycles. The number of carbonyl (C=O) groups is 3. The normalized spacial score (nSPS) is 14.5. The molecular formula is C103H174O16P2. The van der Waals surface area contributed by atoms with Gasteiger partial charge in [0.15, 0.2) is 6.10 Å². The molecule has 0 aliphatic carbocycles. The Morgan fingerprint density at radius 3 is 0.694 bits per heavy atom. The maximum absolute atomic E-state index is 13.1. The third kappa shape index (κ3) is 95.2. The fourth-order valence-corrected chi connectivity index (χ4v) is 14.5. The minimum absolute atomic E-state index is 0.0781. The predicted octanol–water partition coefficient (Wildman–Crippen LogP) is 30.0. The van der Waals surface area contributed by atoms with E-state index in [1.807, 2.05) is 0 Å². The van der Waals surface area contributed by atoms with Gasteiger partial charge < -0.3 is 34.2 Å². The van der Waals surface area contributed by atoms with Gasteiger partial charge in [-0.05, 0) is 161 Å². The average Bonchev–Trinajstić information content (AvgIpc) is 0.879. The third-order valence-corrected chi connectivity index (χ3v) is 22.0. The van der Waals surface area contributed by atoms with Crippen LogP contribution in [0, 0.1) is 0 Å². The Balaban J connectivity index is 4.55. The molecule has 0 heterocycles. The Morgan fingerprint density at radius 1 is 0.240 bits per heavy atom. The minimum atomic E-state index is -4.95. The van der Waals surface area contributed by atoms with Gasteiger partial charge in [-0.2, -0.15) is 0 Å². The van der Waals surface area contributed by atoms with Gasteiger partial charge >= 0.3 is 33.6 Å². The van der Waals surface area contributed by atoms with Crippen LogP contribution < -0.4 is 0 Å². The van der Waals surface area contributed by atoms with Crippen molar-refractivity contribution in [2.45, 2.75) is 411 Å². The number of allylic oxidation sites excluding steroid dienone is 30. The van der Waals surface area contributed by atoms with Gasteiger partial charge in [-0.15, -0.1) is 0 Å². The molecule has 0 fully saturated rings. The standard InChI is InChI=1S/C103H174O16P2/c1-4-7-10-13-16-19-22-25-28-31-34-37-39-41-43-45-46-47-48-49-50-52-54-55-57-60-62-65-68-71-74-77-80-83-86-89-101(106)113-92-98(104)93-115-120(109,110)116-94-99(105)95-117-121(111,112)118-97-100(119-103(108)91-88-85-82-79-76-73-70-67-64-59-36-33-30-27-24-21-18-15-12-9-6-3)96-114-102(107)90-87-84-81-78-75-72-69-66-63-61-58-56-53-51-44-42-40-38-35-32-29-26-23-20-17-14-11-8-5-2/h7,9-10,12,16-21,25-30,34-38,41-44,46-47,59,67,70,98-100,104-105H,4-6,8,11,13-15,22-24,31-33,39-40,45,48-58,60-66,68-69,71-97H2,1-3H3,(H,109,110)(H,111,112)/b10-7-,12-9-,19-16-,20-17-,21-18-,28-25-,29-26-,30-27-,37-34-,38-35-,43-41-,44-42-,47-46-,59-36-,70-67-. The van der Waals surface area contributed by atoms with E-state index in [0.29, 0.717) is 19.3 Å². The molecule has 18 heteroatoms. The van der Waals surface area contributed by atoms with Crippen LogP contribution in [-0.2, 0) is 55.8 Å². The highest BCUT2D eigenvalue weighted by Crippen LogP contribution is 2.45. The van der Waals surface area contributed by atoms with Gasteiger partial charge in [0.2, 0.25) is 0 Å². The summed E-state index contributed by atoms with van der Waals surface area (Å²) in [4.78, 5) is 59.1. The number of phosphoric acid groups is 2. The van der Waals surface area contributed by atoms with E-state index in [0.717, 1.165) is 173 Å². The maximum atomic E-state index is 13.1. The van der Waals surface area contributed by atoms with Gasteiger partial charge in [0.05, 0.1) is 26.4 Å². The predicted molar refractivity (Wildman–Crippen MR) is 509 cm³/mol. The van der Waals surface area contributed by atoms with Crippen molar-refractivity contribution in [1.29, 1.82) is 0 Å². The number of aliphatic hydroxyl groups excluding tert-OH is 2. The quantitative estimate of drug-likeness (QED) is 0.0146. The van der Waals surface area contributed by atoms with E-state index in [4.69, 9.17) is 32.3 Å².